The molecule has 11 aromatic rings. The predicted molar refractivity (Wildman–Crippen MR) is 292 cm³/mol. The molecule has 0 aliphatic rings. The molecule has 0 spiro atoms. The number of hydrogen-bond acceptors (Lipinski definition) is 1. The second-order valence-electron chi connectivity index (χ2n) is 17.2. The predicted octanol–water partition coefficient (Wildman–Crippen LogP) is 14.9. The minimum Gasteiger partial charge on any atom is -0.311 e. The van der Waals surface area contributed by atoms with E-state index in [0.29, 0.717) is 0 Å². The van der Waals surface area contributed by atoms with Crippen LogP contribution >= 0.6 is 0 Å². The first-order chi connectivity index (χ1) is 33.7. The van der Waals surface area contributed by atoms with Gasteiger partial charge in [0.15, 0.2) is 8.07 Å². The monoisotopic (exact) mass is 883 g/mol. The molecular weight excluding hydrogens is 835 g/mol. The quantitative estimate of drug-likeness (QED) is 0.0873. The lowest BCUT2D eigenvalue weighted by Gasteiger charge is -2.35. The summed E-state index contributed by atoms with van der Waals surface area (Å²) in [5, 5.41) is 5.42. The Morgan fingerprint density at radius 1 is 0.191 bits per heavy atom. The highest BCUT2D eigenvalue weighted by Gasteiger charge is 2.41. The molecule has 0 saturated carbocycles. The average molecular weight is 884 g/mol. The van der Waals surface area contributed by atoms with Crippen molar-refractivity contribution >= 4 is 45.9 Å². The molecular formula is C66H49NSi. The van der Waals surface area contributed by atoms with Gasteiger partial charge in [-0.05, 0) is 113 Å². The fourth-order valence-corrected chi connectivity index (χ4v) is 14.8. The van der Waals surface area contributed by atoms with Crippen LogP contribution in [0.2, 0.25) is 0 Å². The van der Waals surface area contributed by atoms with Crippen LogP contribution in [0, 0.1) is 0 Å². The van der Waals surface area contributed by atoms with Crippen molar-refractivity contribution in [2.24, 2.45) is 0 Å². The highest BCUT2D eigenvalue weighted by Crippen LogP contribution is 2.41. The molecule has 0 aliphatic heterocycles. The molecule has 0 bridgehead atoms. The van der Waals surface area contributed by atoms with Crippen molar-refractivity contribution in [2.45, 2.75) is 0 Å². The zero-order valence-electron chi connectivity index (χ0n) is 37.7. The second-order valence-corrected chi connectivity index (χ2v) is 21.0. The van der Waals surface area contributed by atoms with Gasteiger partial charge in [-0.1, -0.05) is 261 Å². The molecule has 11 aromatic carbocycles. The van der Waals surface area contributed by atoms with Gasteiger partial charge in [0.1, 0.15) is 0 Å². The molecule has 0 heterocycles. The van der Waals surface area contributed by atoms with Crippen LogP contribution in [-0.2, 0) is 0 Å². The molecule has 2 heteroatoms. The van der Waals surface area contributed by atoms with Crippen LogP contribution < -0.4 is 25.6 Å². The maximum Gasteiger partial charge on any atom is 0.179 e. The van der Waals surface area contributed by atoms with Crippen molar-refractivity contribution in [3.63, 3.8) is 0 Å². The molecule has 0 aliphatic carbocycles. The molecule has 0 N–H and O–H groups in total. The summed E-state index contributed by atoms with van der Waals surface area (Å²) in [4.78, 5) is 2.35. The Hall–Kier alpha value is -8.56. The highest BCUT2D eigenvalue weighted by molar-refractivity contribution is 7.19. The van der Waals surface area contributed by atoms with Gasteiger partial charge in [0, 0.05) is 17.1 Å². The van der Waals surface area contributed by atoms with E-state index in [0.717, 1.165) is 22.6 Å². The standard InChI is InChI=1S/C66H49NSi/c1-7-21-50(22-8-1)52-35-41-56(42-36-52)67(57-43-37-53(38-44-57)51-23-9-2-10-24-51)58-45-39-55(40-46-58)63-33-19-20-34-64(63)65-48-47-62(49-66(65)54-25-11-3-12-26-54)68(59-27-13-4-14-28-59,60-29-15-5-16-30-60)61-31-17-6-18-32-61/h1-49H. The van der Waals surface area contributed by atoms with Gasteiger partial charge in [-0.15, -0.1) is 0 Å². The van der Waals surface area contributed by atoms with Crippen LogP contribution in [0.5, 0.6) is 0 Å². The number of benzene rings is 11. The average Bonchev–Trinajstić information content (AvgIpc) is 3.43. The summed E-state index contributed by atoms with van der Waals surface area (Å²) in [5.41, 5.74) is 15.2. The number of hydrogen-bond donors (Lipinski definition) is 0. The van der Waals surface area contributed by atoms with Crippen LogP contribution in [0.4, 0.5) is 17.1 Å². The molecule has 0 atom stereocenters. The summed E-state index contributed by atoms with van der Waals surface area (Å²) in [6.07, 6.45) is 0. The van der Waals surface area contributed by atoms with Gasteiger partial charge >= 0.3 is 0 Å². The van der Waals surface area contributed by atoms with Gasteiger partial charge in [0.05, 0.1) is 0 Å². The summed E-state index contributed by atoms with van der Waals surface area (Å²) in [6.45, 7) is 0. The van der Waals surface area contributed by atoms with Gasteiger partial charge in [-0.2, -0.15) is 0 Å². The Bertz CT molecular complexity index is 3200. The van der Waals surface area contributed by atoms with E-state index < -0.39 is 8.07 Å². The third-order valence-corrected chi connectivity index (χ3v) is 18.1. The zero-order chi connectivity index (χ0) is 45.5. The maximum absolute atomic E-state index is 2.78. The Morgan fingerprint density at radius 2 is 0.485 bits per heavy atom. The van der Waals surface area contributed by atoms with Crippen LogP contribution in [0.1, 0.15) is 0 Å². The lowest BCUT2D eigenvalue weighted by atomic mass is 9.89. The fourth-order valence-electron chi connectivity index (χ4n) is 10.0. The van der Waals surface area contributed by atoms with Crippen molar-refractivity contribution in [3.8, 4) is 55.6 Å². The third-order valence-electron chi connectivity index (χ3n) is 13.3. The Labute approximate surface area is 401 Å². The summed E-state index contributed by atoms with van der Waals surface area (Å²) in [5.74, 6) is 0. The van der Waals surface area contributed by atoms with Crippen molar-refractivity contribution in [2.75, 3.05) is 4.90 Å². The number of anilines is 3. The van der Waals surface area contributed by atoms with E-state index >= 15 is 0 Å². The minimum absolute atomic E-state index is 1.09. The van der Waals surface area contributed by atoms with Gasteiger partial charge in [0.25, 0.3) is 0 Å². The molecule has 0 unspecified atom stereocenters. The molecule has 1 nitrogen and oxygen atoms in total. The van der Waals surface area contributed by atoms with Gasteiger partial charge < -0.3 is 4.90 Å². The number of rotatable bonds is 12. The first-order valence-electron chi connectivity index (χ1n) is 23.4. The van der Waals surface area contributed by atoms with Gasteiger partial charge in [0.2, 0.25) is 0 Å². The van der Waals surface area contributed by atoms with E-state index in [2.05, 4.69) is 302 Å². The maximum atomic E-state index is 2.51. The molecule has 0 radical (unpaired) electrons. The van der Waals surface area contributed by atoms with E-state index in [9.17, 15) is 0 Å². The third kappa shape index (κ3) is 8.19. The zero-order valence-corrected chi connectivity index (χ0v) is 38.7. The smallest absolute Gasteiger partial charge is 0.179 e. The summed E-state index contributed by atoms with van der Waals surface area (Å²) >= 11 is 0. The van der Waals surface area contributed by atoms with Crippen molar-refractivity contribution in [1.29, 1.82) is 0 Å². The summed E-state index contributed by atoms with van der Waals surface area (Å²) in [6, 6.07) is 109. The molecule has 68 heavy (non-hydrogen) atoms. The van der Waals surface area contributed by atoms with Crippen LogP contribution in [0.15, 0.2) is 297 Å². The Balaban J connectivity index is 1.03. The highest BCUT2D eigenvalue weighted by atomic mass is 28.3. The van der Waals surface area contributed by atoms with E-state index in [4.69, 9.17) is 0 Å². The normalized spacial score (nSPS) is 11.2. The molecule has 0 amide bonds. The topological polar surface area (TPSA) is 3.24 Å². The molecule has 0 saturated heterocycles. The fraction of sp³-hybridized carbons (Fsp3) is 0. The first kappa shape index (κ1) is 42.1. The molecule has 322 valence electrons. The van der Waals surface area contributed by atoms with E-state index in [1.165, 1.54) is 70.8 Å². The Morgan fingerprint density at radius 3 is 0.897 bits per heavy atom. The van der Waals surface area contributed by atoms with Crippen LogP contribution in [0.3, 0.4) is 0 Å². The van der Waals surface area contributed by atoms with Crippen molar-refractivity contribution < 1.29 is 0 Å². The first-order valence-corrected chi connectivity index (χ1v) is 25.4. The summed E-state index contributed by atoms with van der Waals surface area (Å²) in [7, 11) is -2.78. The molecule has 11 rings (SSSR count). The van der Waals surface area contributed by atoms with E-state index in [-0.39, 0.29) is 0 Å². The van der Waals surface area contributed by atoms with E-state index in [1.807, 2.05) is 0 Å². The lowest BCUT2D eigenvalue weighted by molar-refractivity contribution is 1.28. The van der Waals surface area contributed by atoms with Crippen LogP contribution in [-0.4, -0.2) is 8.07 Å². The van der Waals surface area contributed by atoms with Crippen molar-refractivity contribution in [1.82, 2.24) is 0 Å². The number of nitrogens with zero attached hydrogens (tertiary/aromatic N) is 1. The molecule has 0 aromatic heterocycles. The largest absolute Gasteiger partial charge is 0.311 e. The minimum atomic E-state index is -2.78. The Kier molecular flexibility index (Phi) is 11.8. The summed E-state index contributed by atoms with van der Waals surface area (Å²) < 4.78 is 0. The van der Waals surface area contributed by atoms with Gasteiger partial charge in [-0.25, -0.2) is 0 Å². The lowest BCUT2D eigenvalue weighted by Crippen LogP contribution is -2.74. The SMILES string of the molecule is c1ccc(-c2ccc(N(c3ccc(-c4ccccc4)cc3)c3ccc(-c4ccccc4-c4ccc([Si](c5ccccc5)(c5ccccc5)c5ccccc5)cc4-c4ccccc4)cc3)cc2)cc1. The van der Waals surface area contributed by atoms with Crippen molar-refractivity contribution in [3.05, 3.63) is 297 Å². The second kappa shape index (κ2) is 19.1. The van der Waals surface area contributed by atoms with Gasteiger partial charge in [-0.3, -0.25) is 0 Å². The molecule has 0 fully saturated rings. The van der Waals surface area contributed by atoms with Crippen LogP contribution in [0.25, 0.3) is 55.6 Å². The van der Waals surface area contributed by atoms with E-state index in [1.54, 1.807) is 0 Å².